The Balaban J connectivity index is 2.35. The SMILES string of the molecule is CC(C)(C(=O)O)c1cc(C#N)ccc1OCc1ccccc1. The molecule has 2 aromatic rings. The number of hydrogen-bond acceptors (Lipinski definition) is 3. The Hall–Kier alpha value is -2.80. The molecule has 2 rings (SSSR count). The summed E-state index contributed by atoms with van der Waals surface area (Å²) in [4.78, 5) is 11.5. The molecule has 0 radical (unpaired) electrons. The molecule has 0 heterocycles. The van der Waals surface area contributed by atoms with Crippen molar-refractivity contribution in [3.05, 3.63) is 65.2 Å². The fourth-order valence-corrected chi connectivity index (χ4v) is 2.06. The summed E-state index contributed by atoms with van der Waals surface area (Å²) in [5.74, 6) is -0.484. The van der Waals surface area contributed by atoms with Crippen LogP contribution in [0.1, 0.15) is 30.5 Å². The minimum absolute atomic E-state index is 0.343. The average Bonchev–Trinajstić information content (AvgIpc) is 2.53. The first-order valence-electron chi connectivity index (χ1n) is 6.90. The molecule has 22 heavy (non-hydrogen) atoms. The molecule has 0 aromatic heterocycles. The van der Waals surface area contributed by atoms with Crippen LogP contribution >= 0.6 is 0 Å². The molecular weight excluding hydrogens is 278 g/mol. The number of aliphatic carboxylic acids is 1. The minimum atomic E-state index is -1.14. The second kappa shape index (κ2) is 6.31. The summed E-state index contributed by atoms with van der Waals surface area (Å²) in [6.45, 7) is 3.54. The quantitative estimate of drug-likeness (QED) is 0.916. The van der Waals surface area contributed by atoms with E-state index in [1.807, 2.05) is 36.4 Å². The molecule has 0 aliphatic rings. The molecule has 0 aliphatic carbocycles. The third kappa shape index (κ3) is 3.26. The number of benzene rings is 2. The zero-order valence-electron chi connectivity index (χ0n) is 12.5. The van der Waals surface area contributed by atoms with Crippen molar-refractivity contribution < 1.29 is 14.6 Å². The molecule has 0 amide bonds. The largest absolute Gasteiger partial charge is 0.489 e. The van der Waals surface area contributed by atoms with Gasteiger partial charge in [-0.2, -0.15) is 5.26 Å². The van der Waals surface area contributed by atoms with E-state index in [1.165, 1.54) is 0 Å². The van der Waals surface area contributed by atoms with Crippen LogP contribution in [0.25, 0.3) is 0 Å². The molecule has 0 saturated heterocycles. The van der Waals surface area contributed by atoms with Gasteiger partial charge in [-0.15, -0.1) is 0 Å². The second-order valence-corrected chi connectivity index (χ2v) is 5.53. The van der Waals surface area contributed by atoms with E-state index < -0.39 is 11.4 Å². The van der Waals surface area contributed by atoms with E-state index in [9.17, 15) is 9.90 Å². The highest BCUT2D eigenvalue weighted by Gasteiger charge is 2.33. The lowest BCUT2D eigenvalue weighted by molar-refractivity contribution is -0.142. The van der Waals surface area contributed by atoms with Gasteiger partial charge in [-0.1, -0.05) is 30.3 Å². The topological polar surface area (TPSA) is 70.3 Å². The lowest BCUT2D eigenvalue weighted by atomic mass is 9.83. The number of nitrogens with zero attached hydrogens (tertiary/aromatic N) is 1. The van der Waals surface area contributed by atoms with Crippen molar-refractivity contribution in [2.24, 2.45) is 0 Å². The Morgan fingerprint density at radius 3 is 2.50 bits per heavy atom. The number of nitriles is 1. The molecule has 0 unspecified atom stereocenters. The molecule has 112 valence electrons. The zero-order chi connectivity index (χ0) is 16.2. The standard InChI is InChI=1S/C18H17NO3/c1-18(2,17(20)21)15-10-14(11-19)8-9-16(15)22-12-13-6-4-3-5-7-13/h3-10H,12H2,1-2H3,(H,20,21). The number of hydrogen-bond donors (Lipinski definition) is 1. The van der Waals surface area contributed by atoms with E-state index >= 15 is 0 Å². The van der Waals surface area contributed by atoms with E-state index in [4.69, 9.17) is 10.00 Å². The van der Waals surface area contributed by atoms with Gasteiger partial charge in [0.05, 0.1) is 17.0 Å². The zero-order valence-corrected chi connectivity index (χ0v) is 12.5. The van der Waals surface area contributed by atoms with Crippen LogP contribution in [0.4, 0.5) is 0 Å². The highest BCUT2D eigenvalue weighted by Crippen LogP contribution is 2.33. The van der Waals surface area contributed by atoms with Crippen LogP contribution in [0, 0.1) is 11.3 Å². The van der Waals surface area contributed by atoms with Crippen LogP contribution < -0.4 is 4.74 Å². The fraction of sp³-hybridized carbons (Fsp3) is 0.222. The smallest absolute Gasteiger partial charge is 0.313 e. The van der Waals surface area contributed by atoms with E-state index in [2.05, 4.69) is 0 Å². The van der Waals surface area contributed by atoms with E-state index in [0.717, 1.165) is 5.56 Å². The first kappa shape index (κ1) is 15.6. The Bertz CT molecular complexity index is 715. The molecule has 2 aromatic carbocycles. The Morgan fingerprint density at radius 1 is 1.23 bits per heavy atom. The highest BCUT2D eigenvalue weighted by atomic mass is 16.5. The van der Waals surface area contributed by atoms with Gasteiger partial charge in [0.1, 0.15) is 12.4 Å². The number of carboxylic acids is 1. The van der Waals surface area contributed by atoms with Gasteiger partial charge in [0.2, 0.25) is 0 Å². The van der Waals surface area contributed by atoms with Gasteiger partial charge in [-0.3, -0.25) is 4.79 Å². The third-order valence-electron chi connectivity index (χ3n) is 3.55. The van der Waals surface area contributed by atoms with Crippen molar-refractivity contribution in [3.8, 4) is 11.8 Å². The first-order chi connectivity index (χ1) is 10.4. The molecule has 0 saturated carbocycles. The molecule has 4 heteroatoms. The summed E-state index contributed by atoms with van der Waals surface area (Å²) in [6.07, 6.45) is 0. The van der Waals surface area contributed by atoms with Crippen molar-refractivity contribution in [1.82, 2.24) is 0 Å². The molecule has 0 aliphatic heterocycles. The first-order valence-corrected chi connectivity index (χ1v) is 6.90. The lowest BCUT2D eigenvalue weighted by Gasteiger charge is -2.23. The number of ether oxygens (including phenoxy) is 1. The van der Waals surface area contributed by atoms with Crippen molar-refractivity contribution in [2.75, 3.05) is 0 Å². The van der Waals surface area contributed by atoms with Gasteiger partial charge in [-0.05, 0) is 37.6 Å². The van der Waals surface area contributed by atoms with Gasteiger partial charge < -0.3 is 9.84 Å². The Labute approximate surface area is 129 Å². The summed E-state index contributed by atoms with van der Waals surface area (Å²) in [5.41, 5.74) is 0.760. The average molecular weight is 295 g/mol. The number of carboxylic acid groups (broad SMARTS) is 1. The van der Waals surface area contributed by atoms with Crippen molar-refractivity contribution in [1.29, 1.82) is 5.26 Å². The van der Waals surface area contributed by atoms with Crippen LogP contribution in [-0.4, -0.2) is 11.1 Å². The summed E-state index contributed by atoms with van der Waals surface area (Å²) >= 11 is 0. The molecule has 0 bridgehead atoms. The maximum atomic E-state index is 11.5. The summed E-state index contributed by atoms with van der Waals surface area (Å²) < 4.78 is 5.79. The van der Waals surface area contributed by atoms with Crippen molar-refractivity contribution >= 4 is 5.97 Å². The molecule has 0 fully saturated rings. The van der Waals surface area contributed by atoms with Gasteiger partial charge in [0.25, 0.3) is 0 Å². The third-order valence-corrected chi connectivity index (χ3v) is 3.55. The minimum Gasteiger partial charge on any atom is -0.489 e. The predicted octanol–water partition coefficient (Wildman–Crippen LogP) is 3.50. The van der Waals surface area contributed by atoms with Gasteiger partial charge in [0, 0.05) is 5.56 Å². The molecular formula is C18H17NO3. The number of rotatable bonds is 5. The predicted molar refractivity (Wildman–Crippen MR) is 82.6 cm³/mol. The fourth-order valence-electron chi connectivity index (χ4n) is 2.06. The monoisotopic (exact) mass is 295 g/mol. The van der Waals surface area contributed by atoms with Crippen LogP contribution in [0.15, 0.2) is 48.5 Å². The van der Waals surface area contributed by atoms with Crippen LogP contribution in [0.5, 0.6) is 5.75 Å². The van der Waals surface area contributed by atoms with Crippen molar-refractivity contribution in [2.45, 2.75) is 25.9 Å². The van der Waals surface area contributed by atoms with E-state index in [-0.39, 0.29) is 0 Å². The van der Waals surface area contributed by atoms with Crippen LogP contribution in [0.3, 0.4) is 0 Å². The van der Waals surface area contributed by atoms with E-state index in [0.29, 0.717) is 23.5 Å². The van der Waals surface area contributed by atoms with Gasteiger partial charge in [-0.25, -0.2) is 0 Å². The molecule has 1 N–H and O–H groups in total. The number of carbonyl (C=O) groups is 1. The molecule has 0 atom stereocenters. The molecule has 4 nitrogen and oxygen atoms in total. The maximum Gasteiger partial charge on any atom is 0.313 e. The lowest BCUT2D eigenvalue weighted by Crippen LogP contribution is -2.29. The van der Waals surface area contributed by atoms with Crippen LogP contribution in [0.2, 0.25) is 0 Å². The normalized spacial score (nSPS) is 10.8. The van der Waals surface area contributed by atoms with Gasteiger partial charge in [0.15, 0.2) is 0 Å². The highest BCUT2D eigenvalue weighted by molar-refractivity contribution is 5.81. The van der Waals surface area contributed by atoms with Crippen LogP contribution in [-0.2, 0) is 16.8 Å². The second-order valence-electron chi connectivity index (χ2n) is 5.53. The van der Waals surface area contributed by atoms with E-state index in [1.54, 1.807) is 32.0 Å². The Kier molecular flexibility index (Phi) is 4.47. The van der Waals surface area contributed by atoms with Crippen molar-refractivity contribution in [3.63, 3.8) is 0 Å². The Morgan fingerprint density at radius 2 is 1.91 bits per heavy atom. The summed E-state index contributed by atoms with van der Waals surface area (Å²) in [6, 6.07) is 16.5. The molecule has 0 spiro atoms. The maximum absolute atomic E-state index is 11.5. The van der Waals surface area contributed by atoms with Gasteiger partial charge >= 0.3 is 5.97 Å². The summed E-state index contributed by atoms with van der Waals surface area (Å²) in [5, 5.41) is 18.5. The summed E-state index contributed by atoms with van der Waals surface area (Å²) in [7, 11) is 0.